The van der Waals surface area contributed by atoms with Gasteiger partial charge in [-0.1, -0.05) is 30.3 Å². The fourth-order valence-electron chi connectivity index (χ4n) is 1.57. The summed E-state index contributed by atoms with van der Waals surface area (Å²) in [6.45, 7) is 5.51. The van der Waals surface area contributed by atoms with Crippen molar-refractivity contribution in [1.82, 2.24) is 10.6 Å². The van der Waals surface area contributed by atoms with Crippen molar-refractivity contribution < 1.29 is 14.7 Å². The first-order chi connectivity index (χ1) is 9.78. The van der Waals surface area contributed by atoms with Gasteiger partial charge < -0.3 is 10.4 Å². The summed E-state index contributed by atoms with van der Waals surface area (Å²) < 4.78 is 0. The largest absolute Gasteiger partial charge is 0.388 e. The van der Waals surface area contributed by atoms with E-state index >= 15 is 0 Å². The molecule has 21 heavy (non-hydrogen) atoms. The number of benzene rings is 1. The lowest BCUT2D eigenvalue weighted by atomic mass is 10.1. The van der Waals surface area contributed by atoms with Gasteiger partial charge in [0, 0.05) is 11.3 Å². The number of amides is 3. The van der Waals surface area contributed by atoms with Gasteiger partial charge in [0.2, 0.25) is 5.91 Å². The number of hydrogen-bond donors (Lipinski definition) is 3. The van der Waals surface area contributed by atoms with Crippen molar-refractivity contribution in [2.24, 2.45) is 0 Å². The zero-order chi connectivity index (χ0) is 15.9. The van der Waals surface area contributed by atoms with E-state index in [0.717, 1.165) is 5.56 Å². The van der Waals surface area contributed by atoms with Crippen LogP contribution in [-0.2, 0) is 4.79 Å². The maximum Gasteiger partial charge on any atom is 0.321 e. The van der Waals surface area contributed by atoms with Crippen LogP contribution in [0.25, 0.3) is 0 Å². The molecule has 0 bridgehead atoms. The topological polar surface area (TPSA) is 78.4 Å². The lowest BCUT2D eigenvalue weighted by Crippen LogP contribution is -2.48. The third kappa shape index (κ3) is 7.72. The quantitative estimate of drug-likeness (QED) is 0.778. The molecule has 0 fully saturated rings. The number of carbonyl (C=O) groups excluding carboxylic acids is 2. The number of carbonyl (C=O) groups is 2. The predicted molar refractivity (Wildman–Crippen MR) is 85.2 cm³/mol. The first-order valence-electron chi connectivity index (χ1n) is 6.70. The molecular formula is C15H22N2O3S. The molecule has 3 N–H and O–H groups in total. The Balaban J connectivity index is 2.26. The minimum Gasteiger partial charge on any atom is -0.388 e. The van der Waals surface area contributed by atoms with Crippen LogP contribution in [-0.4, -0.2) is 34.1 Å². The van der Waals surface area contributed by atoms with E-state index in [4.69, 9.17) is 0 Å². The summed E-state index contributed by atoms with van der Waals surface area (Å²) in [6.07, 6.45) is -0.618. The average molecular weight is 310 g/mol. The second-order valence-corrected chi connectivity index (χ2v) is 6.72. The molecular weight excluding hydrogens is 288 g/mol. The van der Waals surface area contributed by atoms with E-state index in [1.807, 2.05) is 51.1 Å². The van der Waals surface area contributed by atoms with Gasteiger partial charge >= 0.3 is 6.03 Å². The molecule has 0 aliphatic carbocycles. The van der Waals surface area contributed by atoms with E-state index in [2.05, 4.69) is 10.6 Å². The Kier molecular flexibility index (Phi) is 6.71. The first-order valence-corrected chi connectivity index (χ1v) is 7.86. The van der Waals surface area contributed by atoms with Gasteiger partial charge in [-0.3, -0.25) is 10.1 Å². The standard InChI is InChI=1S/C15H22N2O3S/c1-15(2,3)17-14(20)16-13(19)10-21-9-12(18)11-7-5-4-6-8-11/h4-8,12,18H,9-10H2,1-3H3,(H2,16,17,19,20)/t12-/m1/s1. The van der Waals surface area contributed by atoms with E-state index < -0.39 is 12.1 Å². The minimum atomic E-state index is -0.618. The predicted octanol–water partition coefficient (Wildman–Crippen LogP) is 2.08. The average Bonchev–Trinajstić information content (AvgIpc) is 2.37. The lowest BCUT2D eigenvalue weighted by molar-refractivity contribution is -0.117. The summed E-state index contributed by atoms with van der Waals surface area (Å²) in [4.78, 5) is 23.1. The van der Waals surface area contributed by atoms with Crippen LogP contribution in [0.4, 0.5) is 4.79 Å². The van der Waals surface area contributed by atoms with Crippen molar-refractivity contribution in [2.75, 3.05) is 11.5 Å². The summed E-state index contributed by atoms with van der Waals surface area (Å²) >= 11 is 1.28. The second-order valence-electron chi connectivity index (χ2n) is 5.69. The molecule has 1 rings (SSSR count). The van der Waals surface area contributed by atoms with Crippen LogP contribution in [0.3, 0.4) is 0 Å². The van der Waals surface area contributed by atoms with Gasteiger partial charge in [0.05, 0.1) is 11.9 Å². The van der Waals surface area contributed by atoms with Gasteiger partial charge in [-0.15, -0.1) is 11.8 Å². The molecule has 0 aliphatic heterocycles. The summed E-state index contributed by atoms with van der Waals surface area (Å²) in [5.74, 6) is 0.154. The van der Waals surface area contributed by atoms with Crippen molar-refractivity contribution in [3.8, 4) is 0 Å². The maximum atomic E-state index is 11.6. The van der Waals surface area contributed by atoms with Gasteiger partial charge in [0.15, 0.2) is 0 Å². The number of aliphatic hydroxyl groups is 1. The molecule has 1 aromatic rings. The molecule has 3 amide bonds. The van der Waals surface area contributed by atoms with Crippen LogP contribution in [0.2, 0.25) is 0 Å². The highest BCUT2D eigenvalue weighted by molar-refractivity contribution is 7.99. The van der Waals surface area contributed by atoms with Crippen molar-refractivity contribution in [2.45, 2.75) is 32.4 Å². The molecule has 5 nitrogen and oxygen atoms in total. The van der Waals surface area contributed by atoms with Crippen molar-refractivity contribution in [1.29, 1.82) is 0 Å². The fourth-order valence-corrected chi connectivity index (χ4v) is 2.36. The van der Waals surface area contributed by atoms with E-state index in [0.29, 0.717) is 5.75 Å². The van der Waals surface area contributed by atoms with E-state index in [9.17, 15) is 14.7 Å². The molecule has 0 heterocycles. The van der Waals surface area contributed by atoms with Crippen molar-refractivity contribution >= 4 is 23.7 Å². The Bertz CT molecular complexity index is 472. The number of thioether (sulfide) groups is 1. The first kappa shape index (κ1) is 17.5. The Labute approximate surface area is 129 Å². The third-order valence-corrected chi connectivity index (χ3v) is 3.45. The van der Waals surface area contributed by atoms with E-state index in [1.54, 1.807) is 0 Å². The summed E-state index contributed by atoms with van der Waals surface area (Å²) in [5, 5.41) is 14.8. The third-order valence-electron chi connectivity index (χ3n) is 2.43. The van der Waals surface area contributed by atoms with E-state index in [1.165, 1.54) is 11.8 Å². The van der Waals surface area contributed by atoms with Gasteiger partial charge in [-0.2, -0.15) is 0 Å². The smallest absolute Gasteiger partial charge is 0.321 e. The molecule has 116 valence electrons. The van der Waals surface area contributed by atoms with Gasteiger partial charge in [-0.25, -0.2) is 4.79 Å². The number of urea groups is 1. The van der Waals surface area contributed by atoms with E-state index in [-0.39, 0.29) is 17.2 Å². The Morgan fingerprint density at radius 3 is 2.43 bits per heavy atom. The number of imide groups is 1. The SMILES string of the molecule is CC(C)(C)NC(=O)NC(=O)CSC[C@@H](O)c1ccccc1. The summed E-state index contributed by atoms with van der Waals surface area (Å²) in [6, 6.07) is 8.76. The molecule has 0 saturated heterocycles. The monoisotopic (exact) mass is 310 g/mol. The Hall–Kier alpha value is -1.53. The lowest BCUT2D eigenvalue weighted by Gasteiger charge is -2.20. The molecule has 1 aromatic carbocycles. The van der Waals surface area contributed by atoms with Crippen LogP contribution in [0, 0.1) is 0 Å². The van der Waals surface area contributed by atoms with Crippen LogP contribution in [0.15, 0.2) is 30.3 Å². The van der Waals surface area contributed by atoms with Crippen LogP contribution in [0.1, 0.15) is 32.4 Å². The molecule has 0 unspecified atom stereocenters. The molecule has 0 aromatic heterocycles. The zero-order valence-electron chi connectivity index (χ0n) is 12.6. The molecule has 1 atom stereocenters. The molecule has 0 spiro atoms. The van der Waals surface area contributed by atoms with Crippen molar-refractivity contribution in [3.63, 3.8) is 0 Å². The van der Waals surface area contributed by atoms with Crippen LogP contribution >= 0.6 is 11.8 Å². The highest BCUT2D eigenvalue weighted by Gasteiger charge is 2.16. The highest BCUT2D eigenvalue weighted by Crippen LogP contribution is 2.17. The summed E-state index contributed by atoms with van der Waals surface area (Å²) in [7, 11) is 0. The minimum absolute atomic E-state index is 0.126. The fraction of sp³-hybridized carbons (Fsp3) is 0.467. The number of aliphatic hydroxyl groups excluding tert-OH is 1. The Morgan fingerprint density at radius 2 is 1.86 bits per heavy atom. The van der Waals surface area contributed by atoms with Gasteiger partial charge in [0.1, 0.15) is 0 Å². The number of hydrogen-bond acceptors (Lipinski definition) is 4. The van der Waals surface area contributed by atoms with Crippen molar-refractivity contribution in [3.05, 3.63) is 35.9 Å². The summed E-state index contributed by atoms with van der Waals surface area (Å²) in [5.41, 5.74) is 0.428. The normalized spacial score (nSPS) is 12.6. The van der Waals surface area contributed by atoms with Crippen LogP contribution in [0.5, 0.6) is 0 Å². The molecule has 0 aliphatic rings. The zero-order valence-corrected chi connectivity index (χ0v) is 13.4. The van der Waals surface area contributed by atoms with Gasteiger partial charge in [0.25, 0.3) is 0 Å². The molecule has 0 saturated carbocycles. The number of nitrogens with one attached hydrogen (secondary N) is 2. The number of rotatable bonds is 5. The molecule has 6 heteroatoms. The van der Waals surface area contributed by atoms with Gasteiger partial charge in [-0.05, 0) is 26.3 Å². The maximum absolute atomic E-state index is 11.6. The second kappa shape index (κ2) is 8.05. The molecule has 0 radical (unpaired) electrons. The highest BCUT2D eigenvalue weighted by atomic mass is 32.2. The Morgan fingerprint density at radius 1 is 1.24 bits per heavy atom. The van der Waals surface area contributed by atoms with Crippen LogP contribution < -0.4 is 10.6 Å².